The molecule has 0 aliphatic carbocycles. The number of likely N-dealkylation sites (tertiary alicyclic amines) is 1. The lowest BCUT2D eigenvalue weighted by atomic mass is 9.98. The van der Waals surface area contributed by atoms with E-state index in [0.717, 1.165) is 30.8 Å². The van der Waals surface area contributed by atoms with Crippen LogP contribution in [0.2, 0.25) is 0 Å². The Morgan fingerprint density at radius 1 is 1.19 bits per heavy atom. The SMILES string of the molecule is Cc1cc(C)nc(OC2CCCN(C(=O)C3Cc4ccccc4CO3)C2)n1. The van der Waals surface area contributed by atoms with Gasteiger partial charge in [-0.25, -0.2) is 9.97 Å². The number of ether oxygens (including phenoxy) is 2. The highest BCUT2D eigenvalue weighted by molar-refractivity contribution is 5.81. The van der Waals surface area contributed by atoms with Gasteiger partial charge in [0.1, 0.15) is 12.2 Å². The Balaban J connectivity index is 1.40. The number of nitrogens with zero attached hydrogens (tertiary/aromatic N) is 3. The number of rotatable bonds is 3. The maximum absolute atomic E-state index is 13.0. The third-order valence-corrected chi connectivity index (χ3v) is 5.16. The molecule has 2 aliphatic heterocycles. The summed E-state index contributed by atoms with van der Waals surface area (Å²) in [6.07, 6.45) is 1.95. The van der Waals surface area contributed by atoms with Crippen LogP contribution in [-0.2, 0) is 22.6 Å². The van der Waals surface area contributed by atoms with Gasteiger partial charge in [0.2, 0.25) is 0 Å². The average molecular weight is 367 g/mol. The average Bonchev–Trinajstić information content (AvgIpc) is 2.66. The zero-order valence-corrected chi connectivity index (χ0v) is 15.9. The van der Waals surface area contributed by atoms with Crippen molar-refractivity contribution < 1.29 is 14.3 Å². The Morgan fingerprint density at radius 2 is 1.93 bits per heavy atom. The minimum atomic E-state index is -0.406. The van der Waals surface area contributed by atoms with Crippen LogP contribution >= 0.6 is 0 Å². The Labute approximate surface area is 159 Å². The number of aryl methyl sites for hydroxylation is 2. The Bertz CT molecular complexity index is 819. The summed E-state index contributed by atoms with van der Waals surface area (Å²) in [6, 6.07) is 10.5. The number of amides is 1. The summed E-state index contributed by atoms with van der Waals surface area (Å²) in [4.78, 5) is 23.6. The summed E-state index contributed by atoms with van der Waals surface area (Å²) in [5.41, 5.74) is 4.15. The number of carbonyl (C=O) groups is 1. The van der Waals surface area contributed by atoms with Crippen molar-refractivity contribution in [2.75, 3.05) is 13.1 Å². The molecule has 0 radical (unpaired) electrons. The molecule has 27 heavy (non-hydrogen) atoms. The van der Waals surface area contributed by atoms with E-state index in [2.05, 4.69) is 22.1 Å². The van der Waals surface area contributed by atoms with E-state index >= 15 is 0 Å². The molecule has 2 atom stereocenters. The third-order valence-electron chi connectivity index (χ3n) is 5.16. The Morgan fingerprint density at radius 3 is 2.70 bits per heavy atom. The molecule has 1 aromatic heterocycles. The van der Waals surface area contributed by atoms with Gasteiger partial charge in [-0.05, 0) is 43.9 Å². The van der Waals surface area contributed by atoms with Crippen LogP contribution in [0, 0.1) is 13.8 Å². The largest absolute Gasteiger partial charge is 0.458 e. The second kappa shape index (κ2) is 7.64. The summed E-state index contributed by atoms with van der Waals surface area (Å²) in [6.45, 7) is 5.65. The molecular weight excluding hydrogens is 342 g/mol. The molecule has 2 aromatic rings. The van der Waals surface area contributed by atoms with E-state index in [9.17, 15) is 4.79 Å². The minimum Gasteiger partial charge on any atom is -0.458 e. The first-order chi connectivity index (χ1) is 13.1. The highest BCUT2D eigenvalue weighted by Crippen LogP contribution is 2.23. The van der Waals surface area contributed by atoms with Crippen LogP contribution in [0.25, 0.3) is 0 Å². The molecule has 142 valence electrons. The molecule has 6 nitrogen and oxygen atoms in total. The lowest BCUT2D eigenvalue weighted by molar-refractivity contribution is -0.148. The van der Waals surface area contributed by atoms with E-state index in [4.69, 9.17) is 9.47 Å². The van der Waals surface area contributed by atoms with Gasteiger partial charge in [0.15, 0.2) is 0 Å². The molecule has 0 bridgehead atoms. The summed E-state index contributed by atoms with van der Waals surface area (Å²) < 4.78 is 11.8. The standard InChI is InChI=1S/C21H25N3O3/c1-14-10-15(2)23-21(22-14)27-18-8-5-9-24(12-18)20(25)19-11-16-6-3-4-7-17(16)13-26-19/h3-4,6-7,10,18-19H,5,8-9,11-13H2,1-2H3. The summed E-state index contributed by atoms with van der Waals surface area (Å²) in [5, 5.41) is 0. The van der Waals surface area contributed by atoms with Crippen molar-refractivity contribution in [2.45, 2.75) is 51.9 Å². The van der Waals surface area contributed by atoms with E-state index in [1.165, 1.54) is 11.1 Å². The van der Waals surface area contributed by atoms with Crippen LogP contribution in [0.5, 0.6) is 6.01 Å². The first-order valence-electron chi connectivity index (χ1n) is 9.54. The Kier molecular flexibility index (Phi) is 5.07. The second-order valence-electron chi connectivity index (χ2n) is 7.37. The van der Waals surface area contributed by atoms with Gasteiger partial charge in [-0.15, -0.1) is 0 Å². The fraction of sp³-hybridized carbons (Fsp3) is 0.476. The van der Waals surface area contributed by atoms with E-state index < -0.39 is 6.10 Å². The van der Waals surface area contributed by atoms with Gasteiger partial charge in [-0.3, -0.25) is 4.79 Å². The van der Waals surface area contributed by atoms with Crippen molar-refractivity contribution in [1.29, 1.82) is 0 Å². The normalized spacial score (nSPS) is 22.2. The van der Waals surface area contributed by atoms with E-state index in [-0.39, 0.29) is 12.0 Å². The van der Waals surface area contributed by atoms with E-state index in [1.54, 1.807) is 0 Å². The zero-order valence-electron chi connectivity index (χ0n) is 15.9. The number of hydrogen-bond acceptors (Lipinski definition) is 5. The Hall–Kier alpha value is -2.47. The second-order valence-corrected chi connectivity index (χ2v) is 7.37. The molecule has 0 N–H and O–H groups in total. The maximum atomic E-state index is 13.0. The van der Waals surface area contributed by atoms with Crippen LogP contribution in [0.3, 0.4) is 0 Å². The molecule has 0 saturated carbocycles. The smallest absolute Gasteiger partial charge is 0.317 e. The van der Waals surface area contributed by atoms with Crippen molar-refractivity contribution in [1.82, 2.24) is 14.9 Å². The number of fused-ring (bicyclic) bond motifs is 1. The summed E-state index contributed by atoms with van der Waals surface area (Å²) in [7, 11) is 0. The predicted molar refractivity (Wildman–Crippen MR) is 100 cm³/mol. The van der Waals surface area contributed by atoms with Crippen LogP contribution < -0.4 is 4.74 Å². The topological polar surface area (TPSA) is 64.5 Å². The van der Waals surface area contributed by atoms with Gasteiger partial charge in [0.05, 0.1) is 13.2 Å². The fourth-order valence-electron chi connectivity index (χ4n) is 3.84. The van der Waals surface area contributed by atoms with Gasteiger partial charge >= 0.3 is 6.01 Å². The third kappa shape index (κ3) is 4.11. The molecule has 2 unspecified atom stereocenters. The molecule has 4 rings (SSSR count). The number of aromatic nitrogens is 2. The molecule has 2 aliphatic rings. The van der Waals surface area contributed by atoms with Crippen molar-refractivity contribution in [3.05, 3.63) is 52.8 Å². The molecule has 1 fully saturated rings. The van der Waals surface area contributed by atoms with Gasteiger partial charge in [-0.1, -0.05) is 24.3 Å². The van der Waals surface area contributed by atoms with Gasteiger partial charge in [-0.2, -0.15) is 0 Å². The number of carbonyl (C=O) groups excluding carboxylic acids is 1. The number of benzene rings is 1. The molecule has 1 amide bonds. The van der Waals surface area contributed by atoms with Crippen molar-refractivity contribution >= 4 is 5.91 Å². The van der Waals surface area contributed by atoms with Gasteiger partial charge in [0.25, 0.3) is 5.91 Å². The lowest BCUT2D eigenvalue weighted by Gasteiger charge is -2.35. The van der Waals surface area contributed by atoms with Crippen LogP contribution in [-0.4, -0.2) is 46.1 Å². The van der Waals surface area contributed by atoms with Crippen LogP contribution in [0.15, 0.2) is 30.3 Å². The molecule has 1 aromatic carbocycles. The lowest BCUT2D eigenvalue weighted by Crippen LogP contribution is -2.50. The van der Waals surface area contributed by atoms with Crippen molar-refractivity contribution in [3.8, 4) is 6.01 Å². The maximum Gasteiger partial charge on any atom is 0.317 e. The molecule has 3 heterocycles. The highest BCUT2D eigenvalue weighted by atomic mass is 16.5. The van der Waals surface area contributed by atoms with Crippen molar-refractivity contribution in [2.24, 2.45) is 0 Å². The fourth-order valence-corrected chi connectivity index (χ4v) is 3.84. The van der Waals surface area contributed by atoms with E-state index in [0.29, 0.717) is 25.6 Å². The van der Waals surface area contributed by atoms with E-state index in [1.807, 2.05) is 36.9 Å². The van der Waals surface area contributed by atoms with Crippen LogP contribution in [0.4, 0.5) is 0 Å². The first kappa shape index (κ1) is 17.9. The number of piperidine rings is 1. The summed E-state index contributed by atoms with van der Waals surface area (Å²) in [5.74, 6) is 0.0548. The molecule has 6 heteroatoms. The summed E-state index contributed by atoms with van der Waals surface area (Å²) >= 11 is 0. The molecule has 1 saturated heterocycles. The quantitative estimate of drug-likeness (QED) is 0.834. The molecule has 0 spiro atoms. The zero-order chi connectivity index (χ0) is 18.8. The predicted octanol–water partition coefficient (Wildman–Crippen LogP) is 2.60. The highest BCUT2D eigenvalue weighted by Gasteiger charge is 2.32. The monoisotopic (exact) mass is 367 g/mol. The minimum absolute atomic E-state index is 0.0548. The van der Waals surface area contributed by atoms with Gasteiger partial charge in [0, 0.05) is 24.4 Å². The molecular formula is C21H25N3O3. The van der Waals surface area contributed by atoms with Gasteiger partial charge < -0.3 is 14.4 Å². The van der Waals surface area contributed by atoms with Crippen molar-refractivity contribution in [3.63, 3.8) is 0 Å². The first-order valence-corrected chi connectivity index (χ1v) is 9.54. The van der Waals surface area contributed by atoms with Crippen LogP contribution in [0.1, 0.15) is 35.4 Å². The number of hydrogen-bond donors (Lipinski definition) is 0.